The van der Waals surface area contributed by atoms with Gasteiger partial charge in [-0.05, 0) is 29.7 Å². The number of hydrogen-bond donors (Lipinski definition) is 0. The predicted molar refractivity (Wildman–Crippen MR) is 153 cm³/mol. The second-order valence-electron chi connectivity index (χ2n) is 11.7. The van der Waals surface area contributed by atoms with Crippen molar-refractivity contribution in [3.63, 3.8) is 0 Å². The molecule has 0 aliphatic carbocycles. The molecule has 180 valence electrons. The number of benzene rings is 3. The maximum absolute atomic E-state index is 6.61. The minimum absolute atomic E-state index is 0.0851. The molecule has 0 bridgehead atoms. The fraction of sp³-hybridized carbons (Fsp3) is 0.226. The van der Waals surface area contributed by atoms with Crippen molar-refractivity contribution < 1.29 is 4.42 Å². The van der Waals surface area contributed by atoms with E-state index in [1.807, 2.05) is 18.5 Å². The summed E-state index contributed by atoms with van der Waals surface area (Å²) in [4.78, 5) is 9.89. The average Bonchev–Trinajstić information content (AvgIpc) is 3.41. The molecule has 3 aromatic heterocycles. The molecule has 0 fully saturated rings. The van der Waals surface area contributed by atoms with Crippen molar-refractivity contribution in [2.45, 2.75) is 45.8 Å². The standard InChI is InChI=1S/C31H31N3OSi/c1-31(2,3)25-18-32-19-26-28(25)33-30(34(26)20-11-8-7-9-12-20)24-14-10-13-23-22-16-15-21(36(4,5)6)17-27(22)35-29(23)24/h7-19H,1-6H3. The molecular weight excluding hydrogens is 458 g/mol. The van der Waals surface area contributed by atoms with Gasteiger partial charge in [0.1, 0.15) is 17.0 Å². The first-order chi connectivity index (χ1) is 17.1. The second kappa shape index (κ2) is 7.90. The monoisotopic (exact) mass is 489 g/mol. The summed E-state index contributed by atoms with van der Waals surface area (Å²) in [7, 11) is -1.46. The van der Waals surface area contributed by atoms with Crippen LogP contribution in [0.4, 0.5) is 0 Å². The molecule has 0 saturated carbocycles. The molecule has 6 rings (SSSR count). The third-order valence-corrected chi connectivity index (χ3v) is 9.04. The van der Waals surface area contributed by atoms with Crippen LogP contribution in [0, 0.1) is 0 Å². The number of furan rings is 1. The quantitative estimate of drug-likeness (QED) is 0.238. The van der Waals surface area contributed by atoms with Gasteiger partial charge in [-0.15, -0.1) is 0 Å². The normalized spacial score (nSPS) is 12.7. The van der Waals surface area contributed by atoms with Crippen LogP contribution in [0.3, 0.4) is 0 Å². The Hall–Kier alpha value is -3.70. The molecule has 3 aromatic carbocycles. The van der Waals surface area contributed by atoms with E-state index in [2.05, 4.69) is 111 Å². The van der Waals surface area contributed by atoms with E-state index in [1.165, 1.54) is 5.19 Å². The van der Waals surface area contributed by atoms with Crippen molar-refractivity contribution in [3.8, 4) is 17.1 Å². The first kappa shape index (κ1) is 22.7. The highest BCUT2D eigenvalue weighted by atomic mass is 28.3. The van der Waals surface area contributed by atoms with E-state index in [0.29, 0.717) is 0 Å². The number of pyridine rings is 1. The molecule has 3 heterocycles. The first-order valence-corrected chi connectivity index (χ1v) is 16.0. The number of aromatic nitrogens is 3. The maximum Gasteiger partial charge on any atom is 0.149 e. The summed E-state index contributed by atoms with van der Waals surface area (Å²) >= 11 is 0. The highest BCUT2D eigenvalue weighted by Gasteiger charge is 2.25. The predicted octanol–water partition coefficient (Wildman–Crippen LogP) is 7.83. The van der Waals surface area contributed by atoms with E-state index >= 15 is 0 Å². The Morgan fingerprint density at radius 2 is 1.61 bits per heavy atom. The lowest BCUT2D eigenvalue weighted by molar-refractivity contribution is 0.592. The Morgan fingerprint density at radius 1 is 0.833 bits per heavy atom. The summed E-state index contributed by atoms with van der Waals surface area (Å²) in [5, 5.41) is 3.66. The highest BCUT2D eigenvalue weighted by molar-refractivity contribution is 6.88. The third kappa shape index (κ3) is 3.57. The van der Waals surface area contributed by atoms with Crippen LogP contribution >= 0.6 is 0 Å². The Labute approximate surface area is 212 Å². The van der Waals surface area contributed by atoms with Gasteiger partial charge in [0, 0.05) is 28.2 Å². The maximum atomic E-state index is 6.61. The summed E-state index contributed by atoms with van der Waals surface area (Å²) in [6, 6.07) is 23.5. The zero-order valence-electron chi connectivity index (χ0n) is 21.8. The van der Waals surface area contributed by atoms with Crippen molar-refractivity contribution in [2.24, 2.45) is 0 Å². The van der Waals surface area contributed by atoms with Crippen LogP contribution in [0.1, 0.15) is 26.3 Å². The third-order valence-electron chi connectivity index (χ3n) is 7.00. The number of nitrogens with zero attached hydrogens (tertiary/aromatic N) is 3. The van der Waals surface area contributed by atoms with Crippen LogP contribution < -0.4 is 5.19 Å². The number of para-hydroxylation sites is 2. The van der Waals surface area contributed by atoms with E-state index in [1.54, 1.807) is 0 Å². The van der Waals surface area contributed by atoms with Gasteiger partial charge < -0.3 is 4.42 Å². The van der Waals surface area contributed by atoms with Gasteiger partial charge in [0.15, 0.2) is 0 Å². The Morgan fingerprint density at radius 3 is 2.33 bits per heavy atom. The smallest absolute Gasteiger partial charge is 0.149 e. The van der Waals surface area contributed by atoms with Gasteiger partial charge in [-0.3, -0.25) is 9.55 Å². The summed E-state index contributed by atoms with van der Waals surface area (Å²) in [6.07, 6.45) is 3.88. The molecule has 0 saturated heterocycles. The topological polar surface area (TPSA) is 43.9 Å². The van der Waals surface area contributed by atoms with Crippen LogP contribution in [-0.4, -0.2) is 22.6 Å². The fourth-order valence-corrected chi connectivity index (χ4v) is 6.15. The molecule has 0 spiro atoms. The van der Waals surface area contributed by atoms with Crippen LogP contribution in [0.2, 0.25) is 19.6 Å². The zero-order chi connectivity index (χ0) is 25.2. The number of hydrogen-bond acceptors (Lipinski definition) is 3. The van der Waals surface area contributed by atoms with Crippen molar-refractivity contribution >= 4 is 46.2 Å². The van der Waals surface area contributed by atoms with Gasteiger partial charge in [-0.25, -0.2) is 4.98 Å². The lowest BCUT2D eigenvalue weighted by Crippen LogP contribution is -2.37. The molecule has 4 nitrogen and oxygen atoms in total. The Balaban J connectivity index is 1.70. The van der Waals surface area contributed by atoms with Crippen LogP contribution in [0.15, 0.2) is 83.5 Å². The molecule has 36 heavy (non-hydrogen) atoms. The van der Waals surface area contributed by atoms with Gasteiger partial charge in [-0.2, -0.15) is 0 Å². The van der Waals surface area contributed by atoms with Crippen molar-refractivity contribution in [1.82, 2.24) is 14.5 Å². The van der Waals surface area contributed by atoms with Crippen molar-refractivity contribution in [1.29, 1.82) is 0 Å². The highest BCUT2D eigenvalue weighted by Crippen LogP contribution is 2.39. The van der Waals surface area contributed by atoms with Gasteiger partial charge in [0.2, 0.25) is 0 Å². The summed E-state index contributed by atoms with van der Waals surface area (Å²) in [6.45, 7) is 13.7. The lowest BCUT2D eigenvalue weighted by atomic mass is 9.87. The van der Waals surface area contributed by atoms with Gasteiger partial charge in [-0.1, -0.05) is 88.1 Å². The van der Waals surface area contributed by atoms with E-state index in [0.717, 1.165) is 55.6 Å². The zero-order valence-corrected chi connectivity index (χ0v) is 22.8. The number of rotatable bonds is 3. The molecule has 0 aliphatic rings. The van der Waals surface area contributed by atoms with Crippen LogP contribution in [0.5, 0.6) is 0 Å². The second-order valence-corrected chi connectivity index (χ2v) is 16.7. The Kier molecular flexibility index (Phi) is 4.99. The van der Waals surface area contributed by atoms with E-state index in [4.69, 9.17) is 9.40 Å². The van der Waals surface area contributed by atoms with Gasteiger partial charge in [0.05, 0.1) is 30.9 Å². The van der Waals surface area contributed by atoms with Crippen molar-refractivity contribution in [2.75, 3.05) is 0 Å². The SMILES string of the molecule is CC(C)(C)c1cncc2c1nc(-c1cccc3c1oc1cc([Si](C)(C)C)ccc13)n2-c1ccccc1. The lowest BCUT2D eigenvalue weighted by Gasteiger charge is -2.18. The van der Waals surface area contributed by atoms with E-state index < -0.39 is 8.07 Å². The largest absolute Gasteiger partial charge is 0.455 e. The van der Waals surface area contributed by atoms with E-state index in [-0.39, 0.29) is 5.41 Å². The Bertz CT molecular complexity index is 1750. The molecule has 0 unspecified atom stereocenters. The number of imidazole rings is 1. The molecule has 0 amide bonds. The van der Waals surface area contributed by atoms with Crippen LogP contribution in [-0.2, 0) is 5.41 Å². The summed E-state index contributed by atoms with van der Waals surface area (Å²) in [5.41, 5.74) is 6.87. The first-order valence-electron chi connectivity index (χ1n) is 12.5. The van der Waals surface area contributed by atoms with Crippen molar-refractivity contribution in [3.05, 3.63) is 84.7 Å². The number of fused-ring (bicyclic) bond motifs is 4. The summed E-state index contributed by atoms with van der Waals surface area (Å²) in [5.74, 6) is 0.866. The summed E-state index contributed by atoms with van der Waals surface area (Å²) < 4.78 is 8.83. The average molecular weight is 490 g/mol. The fourth-order valence-electron chi connectivity index (χ4n) is 5.00. The molecule has 0 N–H and O–H groups in total. The molecule has 6 aromatic rings. The minimum atomic E-state index is -1.46. The van der Waals surface area contributed by atoms with Gasteiger partial charge in [0.25, 0.3) is 0 Å². The molecule has 0 radical (unpaired) electrons. The molecule has 5 heteroatoms. The molecular formula is C31H31N3OSi. The van der Waals surface area contributed by atoms with Crippen LogP contribution in [0.25, 0.3) is 50.0 Å². The molecule has 0 aliphatic heterocycles. The minimum Gasteiger partial charge on any atom is -0.455 e. The molecule has 0 atom stereocenters. The van der Waals surface area contributed by atoms with E-state index in [9.17, 15) is 0 Å². The van der Waals surface area contributed by atoms with Gasteiger partial charge >= 0.3 is 0 Å².